The summed E-state index contributed by atoms with van der Waals surface area (Å²) >= 11 is 0. The van der Waals surface area contributed by atoms with Crippen molar-refractivity contribution in [3.8, 4) is 16.9 Å². The third kappa shape index (κ3) is 5.07. The van der Waals surface area contributed by atoms with Gasteiger partial charge in [-0.3, -0.25) is 0 Å². The molecule has 2 aliphatic carbocycles. The number of hydrogen-bond donors (Lipinski definition) is 0. The standard InChI is InChI=1S/C26H30F4O/c1-2-3-16-4-5-18-13-19(7-6-17(18)12-16)20-8-10-22(23(27)14-20)21-9-11-25(24(28)15-21)31-26(29)30/h8-11,14-19,26H,2-7,12-13H2,1H3. The van der Waals surface area contributed by atoms with Crippen LogP contribution in [0.15, 0.2) is 36.4 Å². The summed E-state index contributed by atoms with van der Waals surface area (Å²) in [7, 11) is 0. The van der Waals surface area contributed by atoms with Gasteiger partial charge in [0.2, 0.25) is 0 Å². The zero-order valence-electron chi connectivity index (χ0n) is 17.9. The second-order valence-electron chi connectivity index (χ2n) is 9.26. The van der Waals surface area contributed by atoms with Gasteiger partial charge in [-0.2, -0.15) is 8.78 Å². The van der Waals surface area contributed by atoms with E-state index in [1.807, 2.05) is 6.07 Å². The van der Waals surface area contributed by atoms with Gasteiger partial charge in [0.25, 0.3) is 0 Å². The highest BCUT2D eigenvalue weighted by Gasteiger charge is 2.35. The Kier molecular flexibility index (Phi) is 6.88. The monoisotopic (exact) mass is 434 g/mol. The van der Waals surface area contributed by atoms with Crippen molar-refractivity contribution in [1.82, 2.24) is 0 Å². The van der Waals surface area contributed by atoms with E-state index in [9.17, 15) is 17.6 Å². The van der Waals surface area contributed by atoms with Crippen molar-refractivity contribution in [2.45, 2.75) is 70.8 Å². The average molecular weight is 435 g/mol. The maximum Gasteiger partial charge on any atom is 0.387 e. The topological polar surface area (TPSA) is 9.23 Å². The summed E-state index contributed by atoms with van der Waals surface area (Å²) in [6.07, 6.45) is 10.0. The molecule has 2 saturated carbocycles. The van der Waals surface area contributed by atoms with Crippen molar-refractivity contribution < 1.29 is 22.3 Å². The van der Waals surface area contributed by atoms with Crippen LogP contribution in [0.5, 0.6) is 5.75 Å². The summed E-state index contributed by atoms with van der Waals surface area (Å²) in [4.78, 5) is 0. The van der Waals surface area contributed by atoms with E-state index in [2.05, 4.69) is 11.7 Å². The van der Waals surface area contributed by atoms with E-state index in [0.29, 0.717) is 11.5 Å². The van der Waals surface area contributed by atoms with Crippen molar-refractivity contribution in [3.63, 3.8) is 0 Å². The minimum Gasteiger partial charge on any atom is -0.432 e. The molecule has 31 heavy (non-hydrogen) atoms. The van der Waals surface area contributed by atoms with Crippen molar-refractivity contribution in [2.75, 3.05) is 0 Å². The summed E-state index contributed by atoms with van der Waals surface area (Å²) in [6.45, 7) is -0.839. The Labute approximate surface area is 181 Å². The maximum atomic E-state index is 14.9. The number of ether oxygens (including phenoxy) is 1. The van der Waals surface area contributed by atoms with Gasteiger partial charge in [-0.05, 0) is 85.1 Å². The lowest BCUT2D eigenvalue weighted by Crippen LogP contribution is -2.30. The molecule has 0 heterocycles. The smallest absolute Gasteiger partial charge is 0.387 e. The summed E-state index contributed by atoms with van der Waals surface area (Å²) in [5.74, 6) is 0.935. The van der Waals surface area contributed by atoms with E-state index in [1.54, 1.807) is 12.1 Å². The number of benzene rings is 2. The zero-order valence-corrected chi connectivity index (χ0v) is 17.9. The molecule has 2 aromatic carbocycles. The molecular weight excluding hydrogens is 404 g/mol. The van der Waals surface area contributed by atoms with Gasteiger partial charge in [0.05, 0.1) is 0 Å². The van der Waals surface area contributed by atoms with Gasteiger partial charge >= 0.3 is 6.61 Å². The van der Waals surface area contributed by atoms with E-state index in [-0.39, 0.29) is 5.56 Å². The Morgan fingerprint density at radius 2 is 1.68 bits per heavy atom. The molecule has 2 aliphatic rings. The molecule has 0 aromatic heterocycles. The predicted molar refractivity (Wildman–Crippen MR) is 114 cm³/mol. The molecule has 0 N–H and O–H groups in total. The molecule has 0 saturated heterocycles. The fourth-order valence-corrected chi connectivity index (χ4v) is 5.84. The van der Waals surface area contributed by atoms with E-state index in [1.165, 1.54) is 44.6 Å². The molecule has 5 heteroatoms. The molecular formula is C26H30F4O. The Hall–Kier alpha value is -2.04. The number of halogens is 4. The number of fused-ring (bicyclic) bond motifs is 1. The van der Waals surface area contributed by atoms with Crippen LogP contribution < -0.4 is 4.74 Å². The van der Waals surface area contributed by atoms with Crippen LogP contribution in [0.1, 0.15) is 69.8 Å². The molecule has 2 fully saturated rings. The Balaban J connectivity index is 1.45. The first kappa shape index (κ1) is 22.2. The van der Waals surface area contributed by atoms with Gasteiger partial charge in [-0.1, -0.05) is 44.4 Å². The fraction of sp³-hybridized carbons (Fsp3) is 0.538. The minimum atomic E-state index is -3.10. The lowest BCUT2D eigenvalue weighted by atomic mass is 9.63. The van der Waals surface area contributed by atoms with Crippen LogP contribution in [0, 0.1) is 29.4 Å². The molecule has 0 bridgehead atoms. The van der Waals surface area contributed by atoms with E-state index < -0.39 is 24.0 Å². The third-order valence-electron chi connectivity index (χ3n) is 7.34. The van der Waals surface area contributed by atoms with E-state index >= 15 is 0 Å². The van der Waals surface area contributed by atoms with Crippen LogP contribution in [0.25, 0.3) is 11.1 Å². The zero-order chi connectivity index (χ0) is 22.0. The van der Waals surface area contributed by atoms with Crippen molar-refractivity contribution in [2.24, 2.45) is 17.8 Å². The molecule has 0 spiro atoms. The van der Waals surface area contributed by atoms with Crippen molar-refractivity contribution in [3.05, 3.63) is 53.6 Å². The van der Waals surface area contributed by atoms with Gasteiger partial charge in [0.1, 0.15) is 5.82 Å². The first-order chi connectivity index (χ1) is 14.9. The average Bonchev–Trinajstić information content (AvgIpc) is 2.75. The highest BCUT2D eigenvalue weighted by Crippen LogP contribution is 2.48. The van der Waals surface area contributed by atoms with Crippen molar-refractivity contribution >= 4 is 0 Å². The second kappa shape index (κ2) is 9.62. The molecule has 4 atom stereocenters. The summed E-state index contributed by atoms with van der Waals surface area (Å²) < 4.78 is 57.7. The van der Waals surface area contributed by atoms with Crippen LogP contribution in [0.4, 0.5) is 17.6 Å². The quantitative estimate of drug-likeness (QED) is 0.415. The largest absolute Gasteiger partial charge is 0.432 e. The van der Waals surface area contributed by atoms with Gasteiger partial charge < -0.3 is 4.74 Å². The van der Waals surface area contributed by atoms with Crippen molar-refractivity contribution in [1.29, 1.82) is 0 Å². The molecule has 0 radical (unpaired) electrons. The molecule has 0 amide bonds. The van der Waals surface area contributed by atoms with Crippen LogP contribution in [0.3, 0.4) is 0 Å². The van der Waals surface area contributed by atoms with Crippen LogP contribution in [-0.2, 0) is 0 Å². The van der Waals surface area contributed by atoms with Crippen LogP contribution >= 0.6 is 0 Å². The fourth-order valence-electron chi connectivity index (χ4n) is 5.84. The summed E-state index contributed by atoms with van der Waals surface area (Å²) in [5, 5.41) is 0. The Morgan fingerprint density at radius 1 is 0.903 bits per heavy atom. The lowest BCUT2D eigenvalue weighted by molar-refractivity contribution is -0.0521. The third-order valence-corrected chi connectivity index (χ3v) is 7.34. The van der Waals surface area contributed by atoms with Gasteiger partial charge in [0.15, 0.2) is 11.6 Å². The minimum absolute atomic E-state index is 0.264. The van der Waals surface area contributed by atoms with Gasteiger partial charge in [0, 0.05) is 5.56 Å². The number of alkyl halides is 2. The summed E-state index contributed by atoms with van der Waals surface area (Å²) in [6, 6.07) is 8.74. The molecule has 4 unspecified atom stereocenters. The Bertz CT molecular complexity index is 897. The Morgan fingerprint density at radius 3 is 2.39 bits per heavy atom. The number of hydrogen-bond acceptors (Lipinski definition) is 1. The van der Waals surface area contributed by atoms with E-state index in [4.69, 9.17) is 0 Å². The molecule has 0 aliphatic heterocycles. The molecule has 168 valence electrons. The molecule has 4 rings (SSSR count). The first-order valence-electron chi connectivity index (χ1n) is 11.5. The molecule has 2 aromatic rings. The maximum absolute atomic E-state index is 14.9. The van der Waals surface area contributed by atoms with Crippen LogP contribution in [-0.4, -0.2) is 6.61 Å². The van der Waals surface area contributed by atoms with Gasteiger partial charge in [-0.15, -0.1) is 0 Å². The highest BCUT2D eigenvalue weighted by molar-refractivity contribution is 5.65. The molecule has 1 nitrogen and oxygen atoms in total. The predicted octanol–water partition coefficient (Wildman–Crippen LogP) is 8.33. The first-order valence-corrected chi connectivity index (χ1v) is 11.5. The highest BCUT2D eigenvalue weighted by atomic mass is 19.3. The normalized spacial score (nSPS) is 26.0. The van der Waals surface area contributed by atoms with Crippen LogP contribution in [0.2, 0.25) is 0 Å². The number of rotatable bonds is 6. The SMILES string of the molecule is CCCC1CCC2CC(c3ccc(-c4ccc(OC(F)F)c(F)c4)c(F)c3)CCC2C1. The lowest BCUT2D eigenvalue weighted by Gasteiger charge is -2.42. The second-order valence-corrected chi connectivity index (χ2v) is 9.26. The van der Waals surface area contributed by atoms with Gasteiger partial charge in [-0.25, -0.2) is 8.78 Å². The summed E-state index contributed by atoms with van der Waals surface area (Å²) in [5.41, 5.74) is 1.58. The van der Waals surface area contributed by atoms with E-state index in [0.717, 1.165) is 48.3 Å².